The molecule has 1 N–H and O–H groups in total. The lowest BCUT2D eigenvalue weighted by Crippen LogP contribution is -2.54. The first-order chi connectivity index (χ1) is 12.2. The van der Waals surface area contributed by atoms with E-state index in [9.17, 15) is 9.59 Å². The van der Waals surface area contributed by atoms with Crippen LogP contribution in [0.1, 0.15) is 64.2 Å². The molecule has 0 bridgehead atoms. The summed E-state index contributed by atoms with van der Waals surface area (Å²) in [4.78, 5) is 28.7. The van der Waals surface area contributed by atoms with E-state index in [-0.39, 0.29) is 11.9 Å². The monoisotopic (exact) mass is 347 g/mol. The van der Waals surface area contributed by atoms with Gasteiger partial charge in [-0.1, -0.05) is 30.9 Å². The van der Waals surface area contributed by atoms with Crippen molar-refractivity contribution < 1.29 is 9.59 Å². The first kappa shape index (κ1) is 18.3. The third kappa shape index (κ3) is 5.23. The Bertz CT molecular complexity index is 489. The van der Waals surface area contributed by atoms with Crippen LogP contribution in [0.4, 0.5) is 4.79 Å². The lowest BCUT2D eigenvalue weighted by atomic mass is 9.88. The molecule has 1 saturated heterocycles. The standard InChI is InChI=1S/C20H33N3O2/c24-19(18-9-5-2-6-10-18)22-13-15-23(16-14-22)20(25)21-12-11-17-7-3-1-4-8-17/h7,18H,1-6,8-16H2,(H,21,25). The number of carbonyl (C=O) groups excluding carboxylic acids is 2. The van der Waals surface area contributed by atoms with Crippen LogP contribution in [0.3, 0.4) is 0 Å². The number of nitrogens with one attached hydrogen (secondary N) is 1. The molecule has 3 amide bonds. The first-order valence-corrected chi connectivity index (χ1v) is 10.2. The minimum atomic E-state index is 0.0289. The van der Waals surface area contributed by atoms with Crippen molar-refractivity contribution in [3.63, 3.8) is 0 Å². The Labute approximate surface area is 151 Å². The summed E-state index contributed by atoms with van der Waals surface area (Å²) >= 11 is 0. The van der Waals surface area contributed by atoms with Crippen molar-refractivity contribution in [2.45, 2.75) is 64.2 Å². The smallest absolute Gasteiger partial charge is 0.317 e. The van der Waals surface area contributed by atoms with Crippen molar-refractivity contribution >= 4 is 11.9 Å². The maximum atomic E-state index is 12.6. The molecule has 1 aliphatic heterocycles. The van der Waals surface area contributed by atoms with E-state index in [1.807, 2.05) is 9.80 Å². The summed E-state index contributed by atoms with van der Waals surface area (Å²) in [5.41, 5.74) is 1.49. The van der Waals surface area contributed by atoms with Crippen molar-refractivity contribution in [2.24, 2.45) is 5.92 Å². The number of amides is 3. The molecular formula is C20H33N3O2. The number of piperazine rings is 1. The summed E-state index contributed by atoms with van der Waals surface area (Å²) < 4.78 is 0. The molecule has 0 radical (unpaired) electrons. The molecule has 5 nitrogen and oxygen atoms in total. The van der Waals surface area contributed by atoms with Gasteiger partial charge in [0.25, 0.3) is 0 Å². The second-order valence-corrected chi connectivity index (χ2v) is 7.74. The summed E-state index contributed by atoms with van der Waals surface area (Å²) in [6, 6.07) is 0.0289. The maximum Gasteiger partial charge on any atom is 0.317 e. The molecule has 140 valence electrons. The topological polar surface area (TPSA) is 52.7 Å². The Morgan fingerprint density at radius 2 is 1.68 bits per heavy atom. The molecule has 0 spiro atoms. The molecule has 0 unspecified atom stereocenters. The number of hydrogen-bond donors (Lipinski definition) is 1. The van der Waals surface area contributed by atoms with Gasteiger partial charge >= 0.3 is 6.03 Å². The van der Waals surface area contributed by atoms with E-state index in [1.54, 1.807) is 0 Å². The highest BCUT2D eigenvalue weighted by atomic mass is 16.2. The molecule has 25 heavy (non-hydrogen) atoms. The Balaban J connectivity index is 1.35. The van der Waals surface area contributed by atoms with Gasteiger partial charge in [-0.25, -0.2) is 4.79 Å². The van der Waals surface area contributed by atoms with Crippen molar-refractivity contribution in [3.8, 4) is 0 Å². The summed E-state index contributed by atoms with van der Waals surface area (Å²) in [5.74, 6) is 0.557. The lowest BCUT2D eigenvalue weighted by Gasteiger charge is -2.37. The summed E-state index contributed by atoms with van der Waals surface area (Å²) in [7, 11) is 0. The van der Waals surface area contributed by atoms with Gasteiger partial charge in [0.15, 0.2) is 0 Å². The first-order valence-electron chi connectivity index (χ1n) is 10.2. The van der Waals surface area contributed by atoms with Crippen LogP contribution in [0.2, 0.25) is 0 Å². The van der Waals surface area contributed by atoms with Gasteiger partial charge in [0.2, 0.25) is 5.91 Å². The van der Waals surface area contributed by atoms with Gasteiger partial charge in [0, 0.05) is 38.6 Å². The van der Waals surface area contributed by atoms with E-state index >= 15 is 0 Å². The summed E-state index contributed by atoms with van der Waals surface area (Å²) in [6.07, 6.45) is 14.1. The molecule has 2 fully saturated rings. The van der Waals surface area contributed by atoms with Gasteiger partial charge in [0.05, 0.1) is 0 Å². The lowest BCUT2D eigenvalue weighted by molar-refractivity contribution is -0.138. The Morgan fingerprint density at radius 3 is 2.36 bits per heavy atom. The van der Waals surface area contributed by atoms with Crippen LogP contribution in [-0.2, 0) is 4.79 Å². The second-order valence-electron chi connectivity index (χ2n) is 7.74. The van der Waals surface area contributed by atoms with Gasteiger partial charge in [-0.3, -0.25) is 4.79 Å². The van der Waals surface area contributed by atoms with Crippen LogP contribution in [0, 0.1) is 5.92 Å². The number of allylic oxidation sites excluding steroid dienone is 1. The number of carbonyl (C=O) groups is 2. The minimum absolute atomic E-state index is 0.0289. The van der Waals surface area contributed by atoms with Crippen LogP contribution in [0.25, 0.3) is 0 Å². The number of nitrogens with zero attached hydrogens (tertiary/aromatic N) is 2. The maximum absolute atomic E-state index is 12.6. The summed E-state index contributed by atoms with van der Waals surface area (Å²) in [6.45, 7) is 3.42. The van der Waals surface area contributed by atoms with Crippen molar-refractivity contribution in [2.75, 3.05) is 32.7 Å². The minimum Gasteiger partial charge on any atom is -0.339 e. The van der Waals surface area contributed by atoms with Gasteiger partial charge in [-0.05, 0) is 44.9 Å². The zero-order valence-electron chi connectivity index (χ0n) is 15.5. The van der Waals surface area contributed by atoms with Crippen molar-refractivity contribution in [3.05, 3.63) is 11.6 Å². The average molecular weight is 348 g/mol. The SMILES string of the molecule is O=C(NCCC1=CCCCC1)N1CCN(C(=O)C2CCCCC2)CC1. The van der Waals surface area contributed by atoms with Gasteiger partial charge < -0.3 is 15.1 Å². The predicted octanol–water partition coefficient (Wildman–Crippen LogP) is 3.31. The fourth-order valence-electron chi connectivity index (χ4n) is 4.31. The summed E-state index contributed by atoms with van der Waals surface area (Å²) in [5, 5.41) is 3.05. The van der Waals surface area contributed by atoms with Gasteiger partial charge in [-0.15, -0.1) is 0 Å². The molecule has 0 atom stereocenters. The van der Waals surface area contributed by atoms with E-state index in [2.05, 4.69) is 11.4 Å². The third-order valence-corrected chi connectivity index (χ3v) is 5.94. The van der Waals surface area contributed by atoms with E-state index < -0.39 is 0 Å². The van der Waals surface area contributed by atoms with Gasteiger partial charge in [0.1, 0.15) is 0 Å². The Kier molecular flexibility index (Phi) is 6.76. The molecule has 3 aliphatic rings. The number of urea groups is 1. The third-order valence-electron chi connectivity index (χ3n) is 5.94. The van der Waals surface area contributed by atoms with Crippen molar-refractivity contribution in [1.29, 1.82) is 0 Å². The van der Waals surface area contributed by atoms with E-state index in [0.29, 0.717) is 32.1 Å². The van der Waals surface area contributed by atoms with Crippen LogP contribution < -0.4 is 5.32 Å². The van der Waals surface area contributed by atoms with Crippen LogP contribution in [-0.4, -0.2) is 54.5 Å². The highest BCUT2D eigenvalue weighted by Gasteiger charge is 2.29. The van der Waals surface area contributed by atoms with Gasteiger partial charge in [-0.2, -0.15) is 0 Å². The molecule has 5 heteroatoms. The number of hydrogen-bond acceptors (Lipinski definition) is 2. The molecule has 0 aromatic heterocycles. The Morgan fingerprint density at radius 1 is 0.960 bits per heavy atom. The van der Waals surface area contributed by atoms with Crippen LogP contribution >= 0.6 is 0 Å². The predicted molar refractivity (Wildman–Crippen MR) is 99.3 cm³/mol. The zero-order chi connectivity index (χ0) is 17.5. The molecule has 2 aliphatic carbocycles. The zero-order valence-corrected chi connectivity index (χ0v) is 15.5. The molecule has 1 saturated carbocycles. The van der Waals surface area contributed by atoms with Crippen LogP contribution in [0.5, 0.6) is 0 Å². The van der Waals surface area contributed by atoms with Crippen molar-refractivity contribution in [1.82, 2.24) is 15.1 Å². The quantitative estimate of drug-likeness (QED) is 0.793. The highest BCUT2D eigenvalue weighted by Crippen LogP contribution is 2.26. The fraction of sp³-hybridized carbons (Fsp3) is 0.800. The largest absolute Gasteiger partial charge is 0.339 e. The molecule has 0 aromatic rings. The number of rotatable bonds is 4. The van der Waals surface area contributed by atoms with Crippen LogP contribution in [0.15, 0.2) is 11.6 Å². The highest BCUT2D eigenvalue weighted by molar-refractivity contribution is 5.79. The molecular weight excluding hydrogens is 314 g/mol. The average Bonchev–Trinajstić information content (AvgIpc) is 2.69. The molecule has 1 heterocycles. The Hall–Kier alpha value is -1.52. The molecule has 0 aromatic carbocycles. The van der Waals surface area contributed by atoms with E-state index in [4.69, 9.17) is 0 Å². The molecule has 3 rings (SSSR count). The normalized spacial score (nSPS) is 22.5. The van der Waals surface area contributed by atoms with E-state index in [0.717, 1.165) is 25.8 Å². The fourth-order valence-corrected chi connectivity index (χ4v) is 4.31. The second kappa shape index (κ2) is 9.25. The van der Waals surface area contributed by atoms with E-state index in [1.165, 1.54) is 50.5 Å².